The first-order valence-corrected chi connectivity index (χ1v) is 6.51. The number of halogens is 5. The summed E-state index contributed by atoms with van der Waals surface area (Å²) in [7, 11) is 0. The number of nitrogens with one attached hydrogen (secondary N) is 1. The van der Waals surface area contributed by atoms with Crippen LogP contribution in [0.2, 0.25) is 0 Å². The molecule has 0 fully saturated rings. The van der Waals surface area contributed by atoms with Crippen LogP contribution in [0.3, 0.4) is 0 Å². The zero-order chi connectivity index (χ0) is 15.7. The maximum atomic E-state index is 13.5. The summed E-state index contributed by atoms with van der Waals surface area (Å²) in [5, 5.41) is 2.29. The average Bonchev–Trinajstić information content (AvgIpc) is 2.43. The minimum absolute atomic E-state index is 0.287. The molecule has 110 valence electrons. The Hall–Kier alpha value is -1.89. The first-order valence-electron chi connectivity index (χ1n) is 5.71. The first-order chi connectivity index (χ1) is 9.81. The third-order valence-electron chi connectivity index (χ3n) is 2.72. The second-order valence-electron chi connectivity index (χ2n) is 4.29. The molecule has 0 atom stereocenters. The number of amides is 1. The number of anilines is 1. The Morgan fingerprint density at radius 2 is 1.71 bits per heavy atom. The molecule has 21 heavy (non-hydrogen) atoms. The van der Waals surface area contributed by atoms with Gasteiger partial charge in [0.1, 0.15) is 0 Å². The van der Waals surface area contributed by atoms with Crippen LogP contribution in [-0.4, -0.2) is 5.91 Å². The summed E-state index contributed by atoms with van der Waals surface area (Å²) in [5.74, 6) is -8.45. The minimum Gasteiger partial charge on any atom is -0.321 e. The monoisotopic (exact) mass is 361 g/mol. The molecule has 2 nitrogen and oxygen atoms in total. The van der Waals surface area contributed by atoms with Crippen LogP contribution in [0.1, 0.15) is 15.9 Å². The Morgan fingerprint density at radius 3 is 2.33 bits per heavy atom. The van der Waals surface area contributed by atoms with E-state index < -0.39 is 34.7 Å². The molecule has 0 aliphatic heterocycles. The second kappa shape index (κ2) is 5.85. The van der Waals surface area contributed by atoms with E-state index in [1.165, 1.54) is 6.07 Å². The fourth-order valence-corrected chi connectivity index (χ4v) is 2.24. The van der Waals surface area contributed by atoms with Gasteiger partial charge in [-0.15, -0.1) is 0 Å². The smallest absolute Gasteiger partial charge is 0.258 e. The zero-order valence-corrected chi connectivity index (χ0v) is 12.2. The van der Waals surface area contributed by atoms with Crippen molar-refractivity contribution >= 4 is 27.5 Å². The highest BCUT2D eigenvalue weighted by molar-refractivity contribution is 9.10. The summed E-state index contributed by atoms with van der Waals surface area (Å²) in [4.78, 5) is 11.9. The van der Waals surface area contributed by atoms with Crippen LogP contribution in [-0.2, 0) is 0 Å². The quantitative estimate of drug-likeness (QED) is 0.474. The van der Waals surface area contributed by atoms with Crippen molar-refractivity contribution in [2.45, 2.75) is 6.92 Å². The molecular weight excluding hydrogens is 354 g/mol. The summed E-state index contributed by atoms with van der Waals surface area (Å²) >= 11 is 3.19. The lowest BCUT2D eigenvalue weighted by atomic mass is 10.1. The van der Waals surface area contributed by atoms with E-state index in [4.69, 9.17) is 0 Å². The number of hydrogen-bond acceptors (Lipinski definition) is 1. The fraction of sp³-hybridized carbons (Fsp3) is 0.0714. The topological polar surface area (TPSA) is 29.1 Å². The molecule has 1 amide bonds. The Bertz CT molecular complexity index is 733. The number of rotatable bonds is 2. The predicted molar refractivity (Wildman–Crippen MR) is 73.1 cm³/mol. The van der Waals surface area contributed by atoms with Crippen molar-refractivity contribution in [3.8, 4) is 0 Å². The zero-order valence-electron chi connectivity index (χ0n) is 10.6. The molecule has 0 saturated carbocycles. The van der Waals surface area contributed by atoms with Gasteiger partial charge in [0.2, 0.25) is 0 Å². The molecule has 2 aromatic rings. The van der Waals surface area contributed by atoms with Gasteiger partial charge >= 0.3 is 0 Å². The van der Waals surface area contributed by atoms with E-state index in [0.29, 0.717) is 10.5 Å². The highest BCUT2D eigenvalue weighted by atomic mass is 79.9. The second-order valence-corrected chi connectivity index (χ2v) is 5.14. The van der Waals surface area contributed by atoms with E-state index in [2.05, 4.69) is 21.2 Å². The van der Waals surface area contributed by atoms with E-state index in [1.54, 1.807) is 12.1 Å². The molecule has 0 aliphatic carbocycles. The van der Waals surface area contributed by atoms with Crippen LogP contribution in [0, 0.1) is 30.2 Å². The third kappa shape index (κ3) is 3.07. The fourth-order valence-electron chi connectivity index (χ4n) is 1.65. The van der Waals surface area contributed by atoms with Crippen LogP contribution >= 0.6 is 15.9 Å². The largest absolute Gasteiger partial charge is 0.321 e. The molecule has 0 aliphatic rings. The Labute approximate surface area is 125 Å². The number of carbonyl (C=O) groups excluding carboxylic acids is 1. The van der Waals surface area contributed by atoms with Gasteiger partial charge in [-0.2, -0.15) is 0 Å². The van der Waals surface area contributed by atoms with E-state index in [-0.39, 0.29) is 5.69 Å². The average molecular weight is 362 g/mol. The van der Waals surface area contributed by atoms with Crippen LogP contribution in [0.5, 0.6) is 0 Å². The van der Waals surface area contributed by atoms with Gasteiger partial charge in [-0.05, 0) is 46.6 Å². The van der Waals surface area contributed by atoms with Crippen LogP contribution < -0.4 is 5.32 Å². The lowest BCUT2D eigenvalue weighted by molar-refractivity contribution is 0.102. The van der Waals surface area contributed by atoms with Crippen LogP contribution in [0.25, 0.3) is 0 Å². The van der Waals surface area contributed by atoms with Gasteiger partial charge in [0.15, 0.2) is 23.3 Å². The molecule has 0 unspecified atom stereocenters. The highest BCUT2D eigenvalue weighted by Crippen LogP contribution is 2.25. The minimum atomic E-state index is -2.02. The Balaban J connectivity index is 2.37. The molecule has 7 heteroatoms. The molecule has 2 rings (SSSR count). The van der Waals surface area contributed by atoms with Crippen molar-refractivity contribution in [3.63, 3.8) is 0 Å². The van der Waals surface area contributed by atoms with Crippen LogP contribution in [0.15, 0.2) is 28.7 Å². The summed E-state index contributed by atoms with van der Waals surface area (Å²) in [6.07, 6.45) is 0. The molecule has 0 heterocycles. The molecule has 0 saturated heterocycles. The van der Waals surface area contributed by atoms with E-state index >= 15 is 0 Å². The summed E-state index contributed by atoms with van der Waals surface area (Å²) in [6, 6.07) is 5.22. The third-order valence-corrected chi connectivity index (χ3v) is 3.38. The maximum absolute atomic E-state index is 13.5. The van der Waals surface area contributed by atoms with Crippen molar-refractivity contribution < 1.29 is 22.4 Å². The maximum Gasteiger partial charge on any atom is 0.258 e. The normalized spacial score (nSPS) is 10.6. The van der Waals surface area contributed by atoms with Gasteiger partial charge in [0, 0.05) is 4.47 Å². The van der Waals surface area contributed by atoms with Gasteiger partial charge in [-0.1, -0.05) is 6.07 Å². The molecule has 0 radical (unpaired) electrons. The van der Waals surface area contributed by atoms with Crippen molar-refractivity contribution in [2.75, 3.05) is 5.32 Å². The molecular formula is C14H8BrF4NO. The number of carbonyl (C=O) groups is 1. The standard InChI is InChI=1S/C14H8BrF4NO/c1-6-2-3-10(8(15)4-6)20-14(21)7-5-9(16)12(18)13(19)11(7)17/h2-5H,1H3,(H,20,21). The SMILES string of the molecule is Cc1ccc(NC(=O)c2cc(F)c(F)c(F)c2F)c(Br)c1. The van der Waals surface area contributed by atoms with Crippen molar-refractivity contribution in [1.29, 1.82) is 0 Å². The van der Waals surface area contributed by atoms with E-state index in [0.717, 1.165) is 5.56 Å². The predicted octanol–water partition coefficient (Wildman–Crippen LogP) is 4.57. The van der Waals surface area contributed by atoms with Crippen molar-refractivity contribution in [1.82, 2.24) is 0 Å². The number of aryl methyl sites for hydroxylation is 1. The summed E-state index contributed by atoms with van der Waals surface area (Å²) < 4.78 is 53.0. The van der Waals surface area contributed by atoms with Gasteiger partial charge in [-0.25, -0.2) is 17.6 Å². The van der Waals surface area contributed by atoms with E-state index in [1.807, 2.05) is 6.92 Å². The number of hydrogen-bond donors (Lipinski definition) is 1. The first kappa shape index (κ1) is 15.5. The van der Waals surface area contributed by atoms with Gasteiger partial charge in [-0.3, -0.25) is 4.79 Å². The summed E-state index contributed by atoms with van der Waals surface area (Å²) in [5.41, 5.74) is 0.277. The van der Waals surface area contributed by atoms with Gasteiger partial charge < -0.3 is 5.32 Å². The molecule has 0 aromatic heterocycles. The summed E-state index contributed by atoms with van der Waals surface area (Å²) in [6.45, 7) is 1.82. The van der Waals surface area contributed by atoms with Gasteiger partial charge in [0.05, 0.1) is 11.3 Å². The van der Waals surface area contributed by atoms with Crippen molar-refractivity contribution in [3.05, 3.63) is 63.1 Å². The number of benzene rings is 2. The lowest BCUT2D eigenvalue weighted by Crippen LogP contribution is -2.16. The van der Waals surface area contributed by atoms with Crippen LogP contribution in [0.4, 0.5) is 23.2 Å². The molecule has 1 N–H and O–H groups in total. The van der Waals surface area contributed by atoms with E-state index in [9.17, 15) is 22.4 Å². The Morgan fingerprint density at radius 1 is 1.05 bits per heavy atom. The molecule has 0 bridgehead atoms. The van der Waals surface area contributed by atoms with Crippen molar-refractivity contribution in [2.24, 2.45) is 0 Å². The molecule has 0 spiro atoms. The lowest BCUT2D eigenvalue weighted by Gasteiger charge is -2.09. The molecule has 2 aromatic carbocycles. The van der Waals surface area contributed by atoms with Gasteiger partial charge in [0.25, 0.3) is 5.91 Å². The highest BCUT2D eigenvalue weighted by Gasteiger charge is 2.23. The Kier molecular flexibility index (Phi) is 4.32.